The summed E-state index contributed by atoms with van der Waals surface area (Å²) in [7, 11) is 0. The lowest BCUT2D eigenvalue weighted by molar-refractivity contribution is -0.129. The molecule has 1 aromatic carbocycles. The first-order valence-corrected chi connectivity index (χ1v) is 8.78. The summed E-state index contributed by atoms with van der Waals surface area (Å²) >= 11 is 0. The lowest BCUT2D eigenvalue weighted by Crippen LogP contribution is -2.48. The second-order valence-corrected chi connectivity index (χ2v) is 6.42. The highest BCUT2D eigenvalue weighted by molar-refractivity contribution is 6.04. The molecule has 0 atom stereocenters. The Morgan fingerprint density at radius 2 is 1.81 bits per heavy atom. The highest BCUT2D eigenvalue weighted by atomic mass is 16.7. The summed E-state index contributed by atoms with van der Waals surface area (Å²) in [6, 6.07) is 8.73. The van der Waals surface area contributed by atoms with Gasteiger partial charge in [-0.05, 0) is 24.3 Å². The van der Waals surface area contributed by atoms with Crippen LogP contribution in [0.15, 0.2) is 36.5 Å². The molecule has 140 valence electrons. The van der Waals surface area contributed by atoms with Crippen LogP contribution in [0.2, 0.25) is 0 Å². The molecule has 8 heteroatoms. The summed E-state index contributed by atoms with van der Waals surface area (Å²) < 4.78 is 10.6. The highest BCUT2D eigenvalue weighted by Crippen LogP contribution is 2.34. The van der Waals surface area contributed by atoms with Crippen LogP contribution in [-0.2, 0) is 4.79 Å². The van der Waals surface area contributed by atoms with Crippen molar-refractivity contribution in [1.82, 2.24) is 9.88 Å². The van der Waals surface area contributed by atoms with Crippen molar-refractivity contribution in [3.63, 3.8) is 0 Å². The fraction of sp³-hybridized carbons (Fsp3) is 0.316. The van der Waals surface area contributed by atoms with Gasteiger partial charge >= 0.3 is 0 Å². The van der Waals surface area contributed by atoms with E-state index < -0.39 is 0 Å². The Kier molecular flexibility index (Phi) is 4.53. The number of rotatable bonds is 3. The summed E-state index contributed by atoms with van der Waals surface area (Å²) in [6.07, 6.45) is 1.63. The molecule has 1 N–H and O–H groups in total. The number of benzene rings is 1. The molecule has 0 radical (unpaired) electrons. The van der Waals surface area contributed by atoms with Crippen LogP contribution < -0.4 is 19.7 Å². The van der Waals surface area contributed by atoms with Crippen LogP contribution in [0.25, 0.3) is 0 Å². The van der Waals surface area contributed by atoms with Gasteiger partial charge in [-0.3, -0.25) is 9.59 Å². The Balaban J connectivity index is 1.44. The largest absolute Gasteiger partial charge is 0.454 e. The quantitative estimate of drug-likeness (QED) is 0.888. The zero-order chi connectivity index (χ0) is 18.8. The molecule has 2 aliphatic heterocycles. The topological polar surface area (TPSA) is 84.0 Å². The summed E-state index contributed by atoms with van der Waals surface area (Å²) in [5.41, 5.74) is 1.16. The van der Waals surface area contributed by atoms with Gasteiger partial charge < -0.3 is 24.6 Å². The molecule has 3 heterocycles. The van der Waals surface area contributed by atoms with Gasteiger partial charge in [-0.15, -0.1) is 0 Å². The van der Waals surface area contributed by atoms with Gasteiger partial charge in [-0.2, -0.15) is 0 Å². The maximum Gasteiger partial charge on any atom is 0.255 e. The van der Waals surface area contributed by atoms with E-state index in [0.717, 1.165) is 5.82 Å². The fourth-order valence-corrected chi connectivity index (χ4v) is 3.16. The van der Waals surface area contributed by atoms with Crippen molar-refractivity contribution >= 4 is 23.3 Å². The van der Waals surface area contributed by atoms with Gasteiger partial charge in [0.15, 0.2) is 11.5 Å². The minimum absolute atomic E-state index is 0.0828. The van der Waals surface area contributed by atoms with Crippen LogP contribution in [0.5, 0.6) is 11.5 Å². The molecule has 1 saturated heterocycles. The smallest absolute Gasteiger partial charge is 0.255 e. The highest BCUT2D eigenvalue weighted by Gasteiger charge is 2.20. The predicted octanol–water partition coefficient (Wildman–Crippen LogP) is 1.73. The third kappa shape index (κ3) is 3.64. The SMILES string of the molecule is CC(=O)N1CCN(c2cc(C(=O)Nc3ccc4c(c3)OCO4)ccn2)CC1. The molecular formula is C19H20N4O4. The third-order valence-corrected chi connectivity index (χ3v) is 4.69. The number of pyridine rings is 1. The lowest BCUT2D eigenvalue weighted by atomic mass is 10.2. The molecule has 8 nitrogen and oxygen atoms in total. The normalized spacial score (nSPS) is 15.6. The average molecular weight is 368 g/mol. The van der Waals surface area contributed by atoms with Crippen molar-refractivity contribution in [3.05, 3.63) is 42.1 Å². The molecule has 0 bridgehead atoms. The second kappa shape index (κ2) is 7.14. The summed E-state index contributed by atoms with van der Waals surface area (Å²) in [5, 5.41) is 2.87. The number of carbonyl (C=O) groups excluding carboxylic acids is 2. The van der Waals surface area contributed by atoms with Gasteiger partial charge in [0.25, 0.3) is 5.91 Å². The third-order valence-electron chi connectivity index (χ3n) is 4.69. The van der Waals surface area contributed by atoms with Gasteiger partial charge in [0.1, 0.15) is 5.82 Å². The van der Waals surface area contributed by atoms with E-state index in [4.69, 9.17) is 9.47 Å². The number of aromatic nitrogens is 1. The van der Waals surface area contributed by atoms with E-state index in [1.165, 1.54) is 0 Å². The number of anilines is 2. The van der Waals surface area contributed by atoms with Crippen molar-refractivity contribution < 1.29 is 19.1 Å². The number of piperazine rings is 1. The summed E-state index contributed by atoms with van der Waals surface area (Å²) in [6.45, 7) is 4.47. The Morgan fingerprint density at radius 3 is 2.59 bits per heavy atom. The Labute approximate surface area is 156 Å². The molecule has 0 aliphatic carbocycles. The van der Waals surface area contributed by atoms with E-state index >= 15 is 0 Å². The van der Waals surface area contributed by atoms with Crippen molar-refractivity contribution in [2.45, 2.75) is 6.92 Å². The first kappa shape index (κ1) is 17.1. The minimum atomic E-state index is -0.222. The van der Waals surface area contributed by atoms with Gasteiger partial charge in [-0.1, -0.05) is 0 Å². The maximum absolute atomic E-state index is 12.6. The molecule has 2 amide bonds. The monoisotopic (exact) mass is 368 g/mol. The minimum Gasteiger partial charge on any atom is -0.454 e. The Hall–Kier alpha value is -3.29. The van der Waals surface area contributed by atoms with Crippen LogP contribution in [0.1, 0.15) is 17.3 Å². The van der Waals surface area contributed by atoms with Crippen LogP contribution in [0.4, 0.5) is 11.5 Å². The second-order valence-electron chi connectivity index (χ2n) is 6.42. The molecular weight excluding hydrogens is 348 g/mol. The number of ether oxygens (including phenoxy) is 2. The zero-order valence-corrected chi connectivity index (χ0v) is 15.0. The zero-order valence-electron chi connectivity index (χ0n) is 15.0. The van der Waals surface area contributed by atoms with Crippen molar-refractivity contribution in [2.24, 2.45) is 0 Å². The van der Waals surface area contributed by atoms with Crippen molar-refractivity contribution in [2.75, 3.05) is 43.2 Å². The van der Waals surface area contributed by atoms with E-state index in [-0.39, 0.29) is 18.6 Å². The first-order valence-electron chi connectivity index (χ1n) is 8.78. The average Bonchev–Trinajstić information content (AvgIpc) is 3.16. The van der Waals surface area contributed by atoms with E-state index in [9.17, 15) is 9.59 Å². The molecule has 27 heavy (non-hydrogen) atoms. The van der Waals surface area contributed by atoms with Crippen molar-refractivity contribution in [3.8, 4) is 11.5 Å². The molecule has 1 fully saturated rings. The van der Waals surface area contributed by atoms with E-state index in [2.05, 4.69) is 15.2 Å². The lowest BCUT2D eigenvalue weighted by Gasteiger charge is -2.35. The number of nitrogens with zero attached hydrogens (tertiary/aromatic N) is 3. The van der Waals surface area contributed by atoms with Crippen LogP contribution in [-0.4, -0.2) is 54.7 Å². The van der Waals surface area contributed by atoms with Gasteiger partial charge in [0.05, 0.1) is 0 Å². The molecule has 2 aliphatic rings. The number of amides is 2. The fourth-order valence-electron chi connectivity index (χ4n) is 3.16. The number of hydrogen-bond donors (Lipinski definition) is 1. The van der Waals surface area contributed by atoms with E-state index in [0.29, 0.717) is 48.9 Å². The Bertz CT molecular complexity index is 878. The molecule has 0 unspecified atom stereocenters. The maximum atomic E-state index is 12.6. The van der Waals surface area contributed by atoms with Crippen LogP contribution in [0, 0.1) is 0 Å². The number of nitrogens with one attached hydrogen (secondary N) is 1. The van der Waals surface area contributed by atoms with Crippen molar-refractivity contribution in [1.29, 1.82) is 0 Å². The van der Waals surface area contributed by atoms with E-state index in [1.54, 1.807) is 43.5 Å². The number of hydrogen-bond acceptors (Lipinski definition) is 6. The van der Waals surface area contributed by atoms with E-state index in [1.807, 2.05) is 4.90 Å². The summed E-state index contributed by atoms with van der Waals surface area (Å²) in [5.74, 6) is 1.88. The first-order chi connectivity index (χ1) is 13.1. The van der Waals surface area contributed by atoms with Gasteiger partial charge in [-0.25, -0.2) is 4.98 Å². The molecule has 0 saturated carbocycles. The van der Waals surface area contributed by atoms with Crippen LogP contribution in [0.3, 0.4) is 0 Å². The van der Waals surface area contributed by atoms with Gasteiger partial charge in [0.2, 0.25) is 12.7 Å². The molecule has 4 rings (SSSR count). The van der Waals surface area contributed by atoms with Crippen LogP contribution >= 0.6 is 0 Å². The standard InChI is InChI=1S/C19H20N4O4/c1-13(24)22-6-8-23(9-7-22)18-10-14(4-5-20-18)19(25)21-15-2-3-16-17(11-15)27-12-26-16/h2-5,10-11H,6-9,12H2,1H3,(H,21,25). The molecule has 2 aromatic rings. The molecule has 0 spiro atoms. The predicted molar refractivity (Wildman–Crippen MR) is 99.2 cm³/mol. The number of fused-ring (bicyclic) bond motifs is 1. The van der Waals surface area contributed by atoms with Gasteiger partial charge in [0, 0.05) is 56.6 Å². The molecule has 1 aromatic heterocycles. The summed E-state index contributed by atoms with van der Waals surface area (Å²) in [4.78, 5) is 32.3. The number of carbonyl (C=O) groups is 2. The Morgan fingerprint density at radius 1 is 1.04 bits per heavy atom.